The molecule has 0 atom stereocenters. The number of hydrogen-bond acceptors (Lipinski definition) is 2. The quantitative estimate of drug-likeness (QED) is 0.575. The third kappa shape index (κ3) is 2.58. The van der Waals surface area contributed by atoms with Gasteiger partial charge in [0.05, 0.1) is 7.11 Å². The lowest BCUT2D eigenvalue weighted by molar-refractivity contribution is -0.140. The Bertz CT molecular complexity index is 180. The van der Waals surface area contributed by atoms with Crippen LogP contribution in [0.5, 0.6) is 0 Å². The number of methoxy groups -OCH3 is 1. The van der Waals surface area contributed by atoms with Crippen molar-refractivity contribution in [3.8, 4) is 0 Å². The van der Waals surface area contributed by atoms with E-state index in [4.69, 9.17) is 0 Å². The molecule has 0 aromatic heterocycles. The highest BCUT2D eigenvalue weighted by atomic mass is 16.5. The van der Waals surface area contributed by atoms with E-state index in [1.54, 1.807) is 0 Å². The molecule has 0 fully saturated rings. The molecule has 0 saturated carbocycles. The van der Waals surface area contributed by atoms with Crippen LogP contribution >= 0.6 is 0 Å². The molecule has 0 spiro atoms. The second-order valence-corrected chi connectivity index (χ2v) is 2.55. The Balaban J connectivity index is 2.17. The van der Waals surface area contributed by atoms with Gasteiger partial charge in [-0.3, -0.25) is 4.79 Å². The van der Waals surface area contributed by atoms with Crippen LogP contribution in [0.3, 0.4) is 0 Å². The van der Waals surface area contributed by atoms with E-state index in [2.05, 4.69) is 16.9 Å². The van der Waals surface area contributed by atoms with Crippen LogP contribution in [0.2, 0.25) is 0 Å². The van der Waals surface area contributed by atoms with Crippen LogP contribution in [0, 0.1) is 5.92 Å². The highest BCUT2D eigenvalue weighted by Crippen LogP contribution is 2.14. The van der Waals surface area contributed by atoms with Gasteiger partial charge in [0.1, 0.15) is 0 Å². The molecule has 0 heterocycles. The van der Waals surface area contributed by atoms with E-state index in [9.17, 15) is 4.79 Å². The molecule has 1 aliphatic rings. The Morgan fingerprint density at radius 1 is 1.45 bits per heavy atom. The van der Waals surface area contributed by atoms with E-state index in [0.29, 0.717) is 12.3 Å². The van der Waals surface area contributed by atoms with Crippen molar-refractivity contribution in [3.05, 3.63) is 24.3 Å². The van der Waals surface area contributed by atoms with E-state index in [0.717, 1.165) is 6.42 Å². The summed E-state index contributed by atoms with van der Waals surface area (Å²) in [6.45, 7) is 0. The lowest BCUT2D eigenvalue weighted by atomic mass is 10.1. The van der Waals surface area contributed by atoms with Gasteiger partial charge in [-0.05, 0) is 12.3 Å². The zero-order chi connectivity index (χ0) is 8.10. The maximum atomic E-state index is 10.7. The maximum Gasteiger partial charge on any atom is 0.305 e. The first kappa shape index (κ1) is 8.05. The van der Waals surface area contributed by atoms with Crippen LogP contribution in [0.1, 0.15) is 12.8 Å². The topological polar surface area (TPSA) is 26.3 Å². The number of carbonyl (C=O) groups excluding carboxylic acids is 1. The summed E-state index contributed by atoms with van der Waals surface area (Å²) < 4.78 is 4.52. The second kappa shape index (κ2) is 3.96. The van der Waals surface area contributed by atoms with Crippen molar-refractivity contribution in [1.82, 2.24) is 0 Å². The largest absolute Gasteiger partial charge is 0.469 e. The summed E-state index contributed by atoms with van der Waals surface area (Å²) in [7, 11) is 1.42. The fourth-order valence-electron chi connectivity index (χ4n) is 1.06. The van der Waals surface area contributed by atoms with Gasteiger partial charge in [0.2, 0.25) is 0 Å². The Kier molecular flexibility index (Phi) is 2.90. The van der Waals surface area contributed by atoms with E-state index >= 15 is 0 Å². The molecule has 0 N–H and O–H groups in total. The Morgan fingerprint density at radius 2 is 2.09 bits per heavy atom. The molecule has 0 unspecified atom stereocenters. The number of carbonyl (C=O) groups is 1. The van der Waals surface area contributed by atoms with Crippen LogP contribution in [-0.2, 0) is 9.53 Å². The van der Waals surface area contributed by atoms with Gasteiger partial charge in [0.25, 0.3) is 0 Å². The van der Waals surface area contributed by atoms with Crippen molar-refractivity contribution in [2.24, 2.45) is 5.92 Å². The molecule has 0 amide bonds. The van der Waals surface area contributed by atoms with Crippen LogP contribution < -0.4 is 0 Å². The normalized spacial score (nSPS) is 15.7. The Morgan fingerprint density at radius 3 is 2.64 bits per heavy atom. The fourth-order valence-corrected chi connectivity index (χ4v) is 1.06. The minimum atomic E-state index is -0.126. The molecule has 1 aliphatic carbocycles. The average molecular weight is 152 g/mol. The molecular formula is C9H12O2. The monoisotopic (exact) mass is 152 g/mol. The summed E-state index contributed by atoms with van der Waals surface area (Å²) >= 11 is 0. The zero-order valence-electron chi connectivity index (χ0n) is 6.62. The van der Waals surface area contributed by atoms with E-state index in [1.807, 2.05) is 12.2 Å². The van der Waals surface area contributed by atoms with E-state index < -0.39 is 0 Å². The summed E-state index contributed by atoms with van der Waals surface area (Å²) in [6, 6.07) is 0. The molecule has 0 bridgehead atoms. The van der Waals surface area contributed by atoms with Crippen LogP contribution in [0.25, 0.3) is 0 Å². The summed E-state index contributed by atoms with van der Waals surface area (Å²) in [4.78, 5) is 10.7. The number of allylic oxidation sites excluding steroid dienone is 4. The van der Waals surface area contributed by atoms with Gasteiger partial charge in [-0.2, -0.15) is 0 Å². The minimum absolute atomic E-state index is 0.126. The Hall–Kier alpha value is -1.05. The maximum absolute atomic E-state index is 10.7. The standard InChI is InChI=1S/C9H12O2/c1-11-9(10)7-6-8-4-2-3-5-8/h2-5,8H,6-7H2,1H3. The SMILES string of the molecule is COC(=O)CCC1C=CC=C1. The van der Waals surface area contributed by atoms with Crippen molar-refractivity contribution < 1.29 is 9.53 Å². The van der Waals surface area contributed by atoms with Crippen molar-refractivity contribution in [2.45, 2.75) is 12.8 Å². The van der Waals surface area contributed by atoms with Gasteiger partial charge in [-0.25, -0.2) is 0 Å². The molecule has 0 aliphatic heterocycles. The second-order valence-electron chi connectivity index (χ2n) is 2.55. The van der Waals surface area contributed by atoms with Crippen molar-refractivity contribution in [2.75, 3.05) is 7.11 Å². The summed E-state index contributed by atoms with van der Waals surface area (Å²) in [6.07, 6.45) is 9.55. The van der Waals surface area contributed by atoms with Gasteiger partial charge < -0.3 is 4.74 Å². The fraction of sp³-hybridized carbons (Fsp3) is 0.444. The van der Waals surface area contributed by atoms with Crippen LogP contribution in [0.4, 0.5) is 0 Å². The lowest BCUT2D eigenvalue weighted by Crippen LogP contribution is -2.02. The molecular weight excluding hydrogens is 140 g/mol. The average Bonchev–Trinajstić information content (AvgIpc) is 2.52. The summed E-state index contributed by atoms with van der Waals surface area (Å²) in [5.74, 6) is 0.313. The van der Waals surface area contributed by atoms with Crippen LogP contribution in [-0.4, -0.2) is 13.1 Å². The third-order valence-electron chi connectivity index (χ3n) is 1.74. The molecule has 1 rings (SSSR count). The molecule has 2 heteroatoms. The minimum Gasteiger partial charge on any atom is -0.469 e. The number of rotatable bonds is 3. The molecule has 2 nitrogen and oxygen atoms in total. The summed E-state index contributed by atoms with van der Waals surface area (Å²) in [5, 5.41) is 0. The number of ether oxygens (including phenoxy) is 1. The highest BCUT2D eigenvalue weighted by Gasteiger charge is 2.06. The first-order valence-electron chi connectivity index (χ1n) is 3.74. The molecule has 60 valence electrons. The van der Waals surface area contributed by atoms with Gasteiger partial charge in [0, 0.05) is 6.42 Å². The first-order chi connectivity index (χ1) is 5.33. The van der Waals surface area contributed by atoms with Gasteiger partial charge in [-0.1, -0.05) is 24.3 Å². The first-order valence-corrected chi connectivity index (χ1v) is 3.74. The van der Waals surface area contributed by atoms with E-state index in [-0.39, 0.29) is 5.97 Å². The smallest absolute Gasteiger partial charge is 0.305 e. The van der Waals surface area contributed by atoms with Crippen molar-refractivity contribution >= 4 is 5.97 Å². The Labute approximate surface area is 66.5 Å². The molecule has 11 heavy (non-hydrogen) atoms. The molecule has 0 saturated heterocycles. The van der Waals surface area contributed by atoms with E-state index in [1.165, 1.54) is 7.11 Å². The van der Waals surface area contributed by atoms with Crippen molar-refractivity contribution in [1.29, 1.82) is 0 Å². The third-order valence-corrected chi connectivity index (χ3v) is 1.74. The molecule has 0 radical (unpaired) electrons. The number of esters is 1. The lowest BCUT2D eigenvalue weighted by Gasteiger charge is -2.02. The zero-order valence-corrected chi connectivity index (χ0v) is 6.62. The molecule has 0 aromatic rings. The van der Waals surface area contributed by atoms with Gasteiger partial charge >= 0.3 is 5.97 Å². The predicted octanol–water partition coefficient (Wildman–Crippen LogP) is 1.68. The summed E-state index contributed by atoms with van der Waals surface area (Å²) in [5.41, 5.74) is 0. The van der Waals surface area contributed by atoms with Gasteiger partial charge in [-0.15, -0.1) is 0 Å². The van der Waals surface area contributed by atoms with Gasteiger partial charge in [0.15, 0.2) is 0 Å². The number of hydrogen-bond donors (Lipinski definition) is 0. The predicted molar refractivity (Wildman–Crippen MR) is 43.0 cm³/mol. The molecule has 0 aromatic carbocycles. The van der Waals surface area contributed by atoms with Crippen LogP contribution in [0.15, 0.2) is 24.3 Å². The highest BCUT2D eigenvalue weighted by molar-refractivity contribution is 5.69. The van der Waals surface area contributed by atoms with Crippen molar-refractivity contribution in [3.63, 3.8) is 0 Å².